The molecule has 1 atom stereocenters. The van der Waals surface area contributed by atoms with Gasteiger partial charge in [0, 0.05) is 5.39 Å². The number of rotatable bonds is 4. The Kier molecular flexibility index (Phi) is 4.81. The zero-order valence-corrected chi connectivity index (χ0v) is 14.0. The Morgan fingerprint density at radius 1 is 1.12 bits per heavy atom. The molecule has 1 aromatic heterocycles. The van der Waals surface area contributed by atoms with Gasteiger partial charge in [0.25, 0.3) is 0 Å². The van der Waals surface area contributed by atoms with Crippen molar-refractivity contribution in [3.8, 4) is 6.07 Å². The standard InChI is InChI=1S/C20H16F3N3/c1-2-17(13-7-4-3-5-8-13)25-19-15(12-24)11-14-9-6-10-16(18(14)26-19)20(21,22)23/h3-11,17H,2H2,1H3,(H,25,26)/t17-/m1/s1. The van der Waals surface area contributed by atoms with Crippen LogP contribution in [0.5, 0.6) is 0 Å². The largest absolute Gasteiger partial charge is 0.418 e. The number of nitriles is 1. The van der Waals surface area contributed by atoms with E-state index in [2.05, 4.69) is 10.3 Å². The van der Waals surface area contributed by atoms with E-state index in [1.807, 2.05) is 43.3 Å². The van der Waals surface area contributed by atoms with Gasteiger partial charge in [0.15, 0.2) is 0 Å². The van der Waals surface area contributed by atoms with Crippen molar-refractivity contribution >= 4 is 16.7 Å². The van der Waals surface area contributed by atoms with Crippen LogP contribution < -0.4 is 5.32 Å². The summed E-state index contributed by atoms with van der Waals surface area (Å²) in [6.45, 7) is 1.96. The number of fused-ring (bicyclic) bond motifs is 1. The van der Waals surface area contributed by atoms with Crippen molar-refractivity contribution in [1.82, 2.24) is 4.98 Å². The van der Waals surface area contributed by atoms with E-state index >= 15 is 0 Å². The number of halogens is 3. The van der Waals surface area contributed by atoms with Crippen LogP contribution in [0.25, 0.3) is 10.9 Å². The van der Waals surface area contributed by atoms with Crippen LogP contribution in [0.2, 0.25) is 0 Å². The van der Waals surface area contributed by atoms with E-state index in [1.54, 1.807) is 0 Å². The highest BCUT2D eigenvalue weighted by molar-refractivity contribution is 5.86. The number of alkyl halides is 3. The van der Waals surface area contributed by atoms with Gasteiger partial charge in [-0.3, -0.25) is 0 Å². The van der Waals surface area contributed by atoms with Gasteiger partial charge in [-0.1, -0.05) is 49.4 Å². The van der Waals surface area contributed by atoms with Gasteiger partial charge >= 0.3 is 6.18 Å². The van der Waals surface area contributed by atoms with Crippen molar-refractivity contribution in [2.45, 2.75) is 25.6 Å². The SMILES string of the molecule is CC[C@@H](Nc1nc2c(C(F)(F)F)cccc2cc1C#N)c1ccccc1. The summed E-state index contributed by atoms with van der Waals surface area (Å²) in [5, 5.41) is 12.8. The molecule has 0 amide bonds. The Labute approximate surface area is 149 Å². The number of para-hydroxylation sites is 1. The van der Waals surface area contributed by atoms with Crippen LogP contribution in [0.4, 0.5) is 19.0 Å². The number of benzene rings is 2. The summed E-state index contributed by atoms with van der Waals surface area (Å²) in [4.78, 5) is 4.17. The first-order valence-corrected chi connectivity index (χ1v) is 8.16. The Morgan fingerprint density at radius 3 is 2.46 bits per heavy atom. The van der Waals surface area contributed by atoms with Gasteiger partial charge < -0.3 is 5.32 Å². The number of anilines is 1. The second-order valence-electron chi connectivity index (χ2n) is 5.89. The molecular weight excluding hydrogens is 339 g/mol. The van der Waals surface area contributed by atoms with Gasteiger partial charge in [-0.05, 0) is 24.1 Å². The van der Waals surface area contributed by atoms with Crippen LogP contribution in [0, 0.1) is 11.3 Å². The number of aromatic nitrogens is 1. The molecule has 2 aromatic carbocycles. The molecule has 0 fully saturated rings. The fraction of sp³-hybridized carbons (Fsp3) is 0.200. The van der Waals surface area contributed by atoms with E-state index in [0.717, 1.165) is 11.6 Å². The average molecular weight is 355 g/mol. The van der Waals surface area contributed by atoms with Gasteiger partial charge in [-0.2, -0.15) is 18.4 Å². The van der Waals surface area contributed by atoms with Crippen LogP contribution in [-0.4, -0.2) is 4.98 Å². The Bertz CT molecular complexity index is 960. The van der Waals surface area contributed by atoms with E-state index in [0.29, 0.717) is 6.42 Å². The van der Waals surface area contributed by atoms with E-state index in [-0.39, 0.29) is 28.3 Å². The Hall–Kier alpha value is -3.07. The van der Waals surface area contributed by atoms with Gasteiger partial charge in [-0.25, -0.2) is 4.98 Å². The lowest BCUT2D eigenvalue weighted by Gasteiger charge is -2.20. The zero-order chi connectivity index (χ0) is 18.7. The predicted molar refractivity (Wildman–Crippen MR) is 94.6 cm³/mol. The number of pyridine rings is 1. The summed E-state index contributed by atoms with van der Waals surface area (Å²) >= 11 is 0. The maximum absolute atomic E-state index is 13.3. The number of hydrogen-bond donors (Lipinski definition) is 1. The molecule has 0 aliphatic rings. The van der Waals surface area contributed by atoms with Crippen molar-refractivity contribution < 1.29 is 13.2 Å². The second-order valence-corrected chi connectivity index (χ2v) is 5.89. The normalized spacial score (nSPS) is 12.6. The van der Waals surface area contributed by atoms with Gasteiger partial charge in [0.2, 0.25) is 0 Å². The molecule has 0 unspecified atom stereocenters. The lowest BCUT2D eigenvalue weighted by Crippen LogP contribution is -2.13. The average Bonchev–Trinajstić information content (AvgIpc) is 2.64. The van der Waals surface area contributed by atoms with Crippen molar-refractivity contribution in [3.05, 3.63) is 71.3 Å². The third kappa shape index (κ3) is 3.47. The van der Waals surface area contributed by atoms with Crippen LogP contribution >= 0.6 is 0 Å². The first-order valence-electron chi connectivity index (χ1n) is 8.16. The highest BCUT2D eigenvalue weighted by Crippen LogP contribution is 2.35. The first-order chi connectivity index (χ1) is 12.4. The van der Waals surface area contributed by atoms with Gasteiger partial charge in [0.05, 0.1) is 22.7 Å². The maximum Gasteiger partial charge on any atom is 0.418 e. The van der Waals surface area contributed by atoms with Crippen molar-refractivity contribution in [2.75, 3.05) is 5.32 Å². The summed E-state index contributed by atoms with van der Waals surface area (Å²) in [5.41, 5.74) is 0.218. The molecule has 132 valence electrons. The highest BCUT2D eigenvalue weighted by Gasteiger charge is 2.33. The Balaban J connectivity index is 2.11. The minimum absolute atomic E-state index is 0.160. The summed E-state index contributed by atoms with van der Waals surface area (Å²) in [6, 6.07) is 16.7. The summed E-state index contributed by atoms with van der Waals surface area (Å²) in [6.07, 6.45) is -3.82. The van der Waals surface area contributed by atoms with Crippen LogP contribution in [0.1, 0.15) is 36.1 Å². The molecule has 0 aliphatic carbocycles. The molecule has 3 nitrogen and oxygen atoms in total. The fourth-order valence-electron chi connectivity index (χ4n) is 2.89. The summed E-state index contributed by atoms with van der Waals surface area (Å²) < 4.78 is 39.9. The number of hydrogen-bond acceptors (Lipinski definition) is 3. The maximum atomic E-state index is 13.3. The molecule has 3 aromatic rings. The van der Waals surface area contributed by atoms with E-state index in [4.69, 9.17) is 0 Å². The molecule has 0 radical (unpaired) electrons. The molecule has 0 saturated heterocycles. The van der Waals surface area contributed by atoms with E-state index < -0.39 is 11.7 Å². The molecule has 0 spiro atoms. The minimum Gasteiger partial charge on any atom is -0.362 e. The smallest absolute Gasteiger partial charge is 0.362 e. The predicted octanol–water partition coefficient (Wildman–Crippen LogP) is 5.69. The second kappa shape index (κ2) is 7.04. The quantitative estimate of drug-likeness (QED) is 0.654. The lowest BCUT2D eigenvalue weighted by atomic mass is 10.0. The van der Waals surface area contributed by atoms with E-state index in [1.165, 1.54) is 18.2 Å². The van der Waals surface area contributed by atoms with Crippen molar-refractivity contribution in [1.29, 1.82) is 5.26 Å². The molecule has 6 heteroatoms. The molecule has 26 heavy (non-hydrogen) atoms. The molecule has 3 rings (SSSR count). The van der Waals surface area contributed by atoms with Crippen molar-refractivity contribution in [2.24, 2.45) is 0 Å². The molecule has 0 aliphatic heterocycles. The van der Waals surface area contributed by atoms with Gasteiger partial charge in [-0.15, -0.1) is 0 Å². The molecule has 1 N–H and O–H groups in total. The number of nitrogens with one attached hydrogen (secondary N) is 1. The number of nitrogens with zero attached hydrogens (tertiary/aromatic N) is 2. The lowest BCUT2D eigenvalue weighted by molar-refractivity contribution is -0.136. The Morgan fingerprint density at radius 2 is 1.85 bits per heavy atom. The van der Waals surface area contributed by atoms with E-state index in [9.17, 15) is 18.4 Å². The minimum atomic E-state index is -4.51. The third-order valence-corrected chi connectivity index (χ3v) is 4.19. The molecular formula is C20H16F3N3. The molecule has 0 bridgehead atoms. The van der Waals surface area contributed by atoms with Crippen LogP contribution in [0.3, 0.4) is 0 Å². The monoisotopic (exact) mass is 355 g/mol. The summed E-state index contributed by atoms with van der Waals surface area (Å²) in [5.74, 6) is 0.160. The van der Waals surface area contributed by atoms with Crippen LogP contribution in [0.15, 0.2) is 54.6 Å². The third-order valence-electron chi connectivity index (χ3n) is 4.19. The fourth-order valence-corrected chi connectivity index (χ4v) is 2.89. The van der Waals surface area contributed by atoms with Crippen LogP contribution in [-0.2, 0) is 6.18 Å². The molecule has 1 heterocycles. The summed E-state index contributed by atoms with van der Waals surface area (Å²) in [7, 11) is 0. The molecule has 0 saturated carbocycles. The zero-order valence-electron chi connectivity index (χ0n) is 14.0. The van der Waals surface area contributed by atoms with Crippen molar-refractivity contribution in [3.63, 3.8) is 0 Å². The highest BCUT2D eigenvalue weighted by atomic mass is 19.4. The topological polar surface area (TPSA) is 48.7 Å². The first kappa shape index (κ1) is 17.7. The van der Waals surface area contributed by atoms with Gasteiger partial charge in [0.1, 0.15) is 11.9 Å².